The first-order valence-electron chi connectivity index (χ1n) is 6.86. The van der Waals surface area contributed by atoms with E-state index in [2.05, 4.69) is 42.2 Å². The second kappa shape index (κ2) is 4.93. The van der Waals surface area contributed by atoms with Gasteiger partial charge in [-0.3, -0.25) is 4.98 Å². The van der Waals surface area contributed by atoms with E-state index < -0.39 is 0 Å². The maximum absolute atomic E-state index is 4.44. The first kappa shape index (κ1) is 11.5. The maximum Gasteiger partial charge on any atom is 0.0704 e. The van der Waals surface area contributed by atoms with Crippen molar-refractivity contribution < 1.29 is 0 Å². The first-order chi connectivity index (χ1) is 8.83. The maximum atomic E-state index is 4.44. The van der Waals surface area contributed by atoms with Crippen molar-refractivity contribution in [3.8, 4) is 11.3 Å². The van der Waals surface area contributed by atoms with Crippen LogP contribution in [0.25, 0.3) is 11.3 Å². The van der Waals surface area contributed by atoms with Gasteiger partial charge in [-0.25, -0.2) is 0 Å². The van der Waals surface area contributed by atoms with Gasteiger partial charge in [-0.15, -0.1) is 0 Å². The van der Waals surface area contributed by atoms with E-state index >= 15 is 0 Å². The molecule has 1 heterocycles. The lowest BCUT2D eigenvalue weighted by atomic mass is 9.96. The van der Waals surface area contributed by atoms with Crippen LogP contribution in [0, 0.1) is 6.92 Å². The van der Waals surface area contributed by atoms with E-state index in [0.29, 0.717) is 0 Å². The van der Waals surface area contributed by atoms with Gasteiger partial charge in [0.15, 0.2) is 0 Å². The average molecular weight is 237 g/mol. The molecule has 1 nitrogen and oxygen atoms in total. The molecule has 0 unspecified atom stereocenters. The Hall–Kier alpha value is -1.63. The monoisotopic (exact) mass is 237 g/mol. The van der Waals surface area contributed by atoms with Crippen LogP contribution >= 0.6 is 0 Å². The Morgan fingerprint density at radius 2 is 1.72 bits per heavy atom. The fraction of sp³-hybridized carbons (Fsp3) is 0.353. The molecular weight excluding hydrogens is 218 g/mol. The van der Waals surface area contributed by atoms with Gasteiger partial charge in [-0.2, -0.15) is 0 Å². The zero-order valence-corrected chi connectivity index (χ0v) is 10.9. The predicted octanol–water partition coefficient (Wildman–Crippen LogP) is 4.71. The molecule has 0 atom stereocenters. The van der Waals surface area contributed by atoms with Crippen molar-refractivity contribution in [2.75, 3.05) is 0 Å². The van der Waals surface area contributed by atoms with Gasteiger partial charge in [0.05, 0.1) is 5.69 Å². The fourth-order valence-electron chi connectivity index (χ4n) is 2.88. The van der Waals surface area contributed by atoms with Crippen molar-refractivity contribution >= 4 is 0 Å². The van der Waals surface area contributed by atoms with Gasteiger partial charge >= 0.3 is 0 Å². The summed E-state index contributed by atoms with van der Waals surface area (Å²) in [6, 6.07) is 13.2. The molecule has 0 aliphatic heterocycles. The normalized spacial score (nSPS) is 16.1. The molecule has 1 aliphatic carbocycles. The minimum Gasteiger partial charge on any atom is -0.256 e. The largest absolute Gasteiger partial charge is 0.256 e. The van der Waals surface area contributed by atoms with Crippen LogP contribution in [0.4, 0.5) is 0 Å². The summed E-state index contributed by atoms with van der Waals surface area (Å²) < 4.78 is 0. The van der Waals surface area contributed by atoms with Gasteiger partial charge in [0, 0.05) is 11.8 Å². The molecule has 0 spiro atoms. The van der Waals surface area contributed by atoms with Crippen LogP contribution in [0.1, 0.15) is 42.7 Å². The summed E-state index contributed by atoms with van der Waals surface area (Å²) in [6.45, 7) is 2.11. The van der Waals surface area contributed by atoms with Gasteiger partial charge in [0.25, 0.3) is 0 Å². The van der Waals surface area contributed by atoms with Crippen LogP contribution < -0.4 is 0 Å². The SMILES string of the molecule is Cc1ccnc(-c2ccc(C3CCCC3)cc2)c1. The second-order valence-corrected chi connectivity index (χ2v) is 5.32. The van der Waals surface area contributed by atoms with Crippen LogP contribution in [0.5, 0.6) is 0 Å². The fourth-order valence-corrected chi connectivity index (χ4v) is 2.88. The van der Waals surface area contributed by atoms with Crippen molar-refractivity contribution in [2.45, 2.75) is 38.5 Å². The Morgan fingerprint density at radius 3 is 2.39 bits per heavy atom. The number of nitrogens with zero attached hydrogens (tertiary/aromatic N) is 1. The highest BCUT2D eigenvalue weighted by Crippen LogP contribution is 2.34. The average Bonchev–Trinajstić information content (AvgIpc) is 2.93. The summed E-state index contributed by atoms with van der Waals surface area (Å²) >= 11 is 0. The number of hydrogen-bond donors (Lipinski definition) is 0. The van der Waals surface area contributed by atoms with Crippen LogP contribution in [0.15, 0.2) is 42.6 Å². The number of aromatic nitrogens is 1. The summed E-state index contributed by atoms with van der Waals surface area (Å²) in [5.41, 5.74) is 5.07. The van der Waals surface area contributed by atoms with Crippen LogP contribution in [0.2, 0.25) is 0 Å². The lowest BCUT2D eigenvalue weighted by Crippen LogP contribution is -1.92. The lowest BCUT2D eigenvalue weighted by Gasteiger charge is -2.10. The molecule has 3 rings (SSSR count). The van der Waals surface area contributed by atoms with E-state index in [1.165, 1.54) is 42.4 Å². The first-order valence-corrected chi connectivity index (χ1v) is 6.86. The standard InChI is InChI=1S/C17H19N/c1-13-10-11-18-17(12-13)16-8-6-15(7-9-16)14-4-2-3-5-14/h6-12,14H,2-5H2,1H3. The topological polar surface area (TPSA) is 12.9 Å². The van der Waals surface area contributed by atoms with Crippen molar-refractivity contribution in [1.29, 1.82) is 0 Å². The molecule has 92 valence electrons. The van der Waals surface area contributed by atoms with Crippen molar-refractivity contribution in [3.05, 3.63) is 53.7 Å². The molecule has 1 fully saturated rings. The van der Waals surface area contributed by atoms with Gasteiger partial charge in [0.2, 0.25) is 0 Å². The number of aryl methyl sites for hydroxylation is 1. The smallest absolute Gasteiger partial charge is 0.0704 e. The minimum absolute atomic E-state index is 0.796. The number of benzene rings is 1. The molecule has 0 amide bonds. The van der Waals surface area contributed by atoms with E-state index in [0.717, 1.165) is 11.6 Å². The highest BCUT2D eigenvalue weighted by atomic mass is 14.7. The Bertz CT molecular complexity index is 522. The molecule has 1 aromatic heterocycles. The molecular formula is C17H19N. The third kappa shape index (κ3) is 2.31. The molecule has 1 aromatic carbocycles. The zero-order valence-electron chi connectivity index (χ0n) is 10.9. The third-order valence-electron chi connectivity index (χ3n) is 3.95. The number of hydrogen-bond acceptors (Lipinski definition) is 1. The van der Waals surface area contributed by atoms with Crippen LogP contribution in [-0.2, 0) is 0 Å². The summed E-state index contributed by atoms with van der Waals surface area (Å²) in [5.74, 6) is 0.796. The molecule has 0 bridgehead atoms. The van der Waals surface area contributed by atoms with Crippen LogP contribution in [0.3, 0.4) is 0 Å². The molecule has 0 N–H and O–H groups in total. The van der Waals surface area contributed by atoms with E-state index in [9.17, 15) is 0 Å². The zero-order chi connectivity index (χ0) is 12.4. The van der Waals surface area contributed by atoms with Gasteiger partial charge in [-0.1, -0.05) is 37.1 Å². The predicted molar refractivity (Wildman–Crippen MR) is 75.6 cm³/mol. The molecule has 2 aromatic rings. The molecule has 18 heavy (non-hydrogen) atoms. The Morgan fingerprint density at radius 1 is 1.00 bits per heavy atom. The summed E-state index contributed by atoms with van der Waals surface area (Å²) in [7, 11) is 0. The summed E-state index contributed by atoms with van der Waals surface area (Å²) in [6.07, 6.45) is 7.40. The highest BCUT2D eigenvalue weighted by Gasteiger charge is 2.16. The van der Waals surface area contributed by atoms with E-state index in [4.69, 9.17) is 0 Å². The lowest BCUT2D eigenvalue weighted by molar-refractivity contribution is 0.723. The van der Waals surface area contributed by atoms with E-state index in [1.807, 2.05) is 12.3 Å². The molecule has 0 saturated heterocycles. The number of rotatable bonds is 2. The van der Waals surface area contributed by atoms with E-state index in [1.54, 1.807) is 0 Å². The van der Waals surface area contributed by atoms with E-state index in [-0.39, 0.29) is 0 Å². The summed E-state index contributed by atoms with van der Waals surface area (Å²) in [5, 5.41) is 0. The Kier molecular flexibility index (Phi) is 3.14. The second-order valence-electron chi connectivity index (χ2n) is 5.32. The third-order valence-corrected chi connectivity index (χ3v) is 3.95. The van der Waals surface area contributed by atoms with Gasteiger partial charge in [0.1, 0.15) is 0 Å². The summed E-state index contributed by atoms with van der Waals surface area (Å²) in [4.78, 5) is 4.44. The quantitative estimate of drug-likeness (QED) is 0.736. The van der Waals surface area contributed by atoms with Crippen molar-refractivity contribution in [3.63, 3.8) is 0 Å². The van der Waals surface area contributed by atoms with Crippen molar-refractivity contribution in [2.24, 2.45) is 0 Å². The molecule has 1 aliphatic rings. The van der Waals surface area contributed by atoms with Gasteiger partial charge < -0.3 is 0 Å². The van der Waals surface area contributed by atoms with Gasteiger partial charge in [-0.05, 0) is 48.9 Å². The molecule has 1 saturated carbocycles. The van der Waals surface area contributed by atoms with Crippen molar-refractivity contribution in [1.82, 2.24) is 4.98 Å². The van der Waals surface area contributed by atoms with Crippen LogP contribution in [-0.4, -0.2) is 4.98 Å². The molecule has 0 radical (unpaired) electrons. The Labute approximate surface area is 109 Å². The highest BCUT2D eigenvalue weighted by molar-refractivity contribution is 5.60. The number of pyridine rings is 1. The Balaban J connectivity index is 1.86. The minimum atomic E-state index is 0.796. The molecule has 1 heteroatoms.